The number of rotatable bonds is 5. The zero-order chi connectivity index (χ0) is 12.0. The zero-order valence-electron chi connectivity index (χ0n) is 8.75. The molecule has 5 heteroatoms. The van der Waals surface area contributed by atoms with E-state index in [4.69, 9.17) is 17.4 Å². The molecule has 0 radical (unpaired) electrons. The van der Waals surface area contributed by atoms with Crippen LogP contribution in [0.1, 0.15) is 24.3 Å². The van der Waals surface area contributed by atoms with Crippen LogP contribution in [0.2, 0.25) is 0 Å². The van der Waals surface area contributed by atoms with Crippen LogP contribution in [-0.4, -0.2) is 11.8 Å². The number of alkyl halides is 1. The predicted molar refractivity (Wildman–Crippen MR) is 61.4 cm³/mol. The van der Waals surface area contributed by atoms with Crippen LogP contribution >= 0.6 is 11.6 Å². The van der Waals surface area contributed by atoms with E-state index in [1.54, 1.807) is 12.1 Å². The summed E-state index contributed by atoms with van der Waals surface area (Å²) in [6, 6.07) is 5.83. The van der Waals surface area contributed by atoms with Gasteiger partial charge in [0.25, 0.3) is 0 Å². The number of hydrazine groups is 1. The molecular weight excluding hydrogens is 231 g/mol. The van der Waals surface area contributed by atoms with Gasteiger partial charge in [0.2, 0.25) is 5.91 Å². The molecule has 0 aliphatic carbocycles. The molecule has 0 aromatic heterocycles. The molecule has 3 nitrogen and oxygen atoms in total. The predicted octanol–water partition coefficient (Wildman–Crippen LogP) is 1.92. The molecule has 1 unspecified atom stereocenters. The second-order valence-corrected chi connectivity index (χ2v) is 3.82. The van der Waals surface area contributed by atoms with Gasteiger partial charge < -0.3 is 0 Å². The van der Waals surface area contributed by atoms with Crippen molar-refractivity contribution in [3.05, 3.63) is 35.6 Å². The molecule has 16 heavy (non-hydrogen) atoms. The van der Waals surface area contributed by atoms with Gasteiger partial charge >= 0.3 is 0 Å². The molecule has 1 aromatic carbocycles. The molecule has 1 rings (SSSR count). The van der Waals surface area contributed by atoms with Crippen LogP contribution in [0.15, 0.2) is 24.3 Å². The summed E-state index contributed by atoms with van der Waals surface area (Å²) in [5.74, 6) is 4.61. The van der Waals surface area contributed by atoms with Crippen molar-refractivity contribution in [2.75, 3.05) is 5.88 Å². The largest absolute Gasteiger partial charge is 0.294 e. The molecular formula is C11H14ClFN2O. The van der Waals surface area contributed by atoms with Gasteiger partial charge in [0, 0.05) is 5.88 Å². The van der Waals surface area contributed by atoms with Gasteiger partial charge in [-0.15, -0.1) is 11.6 Å². The summed E-state index contributed by atoms with van der Waals surface area (Å²) in [5, 5.41) is 0. The Morgan fingerprint density at radius 2 is 2.06 bits per heavy atom. The van der Waals surface area contributed by atoms with Crippen molar-refractivity contribution in [2.45, 2.75) is 18.8 Å². The minimum Gasteiger partial charge on any atom is -0.294 e. The Labute approximate surface area is 98.7 Å². The number of carbonyl (C=O) groups is 1. The van der Waals surface area contributed by atoms with Crippen LogP contribution in [0.5, 0.6) is 0 Å². The Bertz CT molecular complexity index is 342. The molecule has 0 saturated heterocycles. The number of carbonyl (C=O) groups excluding carboxylic acids is 1. The number of halogens is 2. The maximum atomic E-state index is 12.7. The van der Waals surface area contributed by atoms with Gasteiger partial charge in [0.05, 0.1) is 5.92 Å². The molecule has 0 spiro atoms. The lowest BCUT2D eigenvalue weighted by molar-refractivity contribution is -0.122. The molecule has 0 aliphatic heterocycles. The van der Waals surface area contributed by atoms with Gasteiger partial charge in [-0.1, -0.05) is 12.1 Å². The number of nitrogens with one attached hydrogen (secondary N) is 1. The molecule has 0 saturated carbocycles. The summed E-state index contributed by atoms with van der Waals surface area (Å²) in [6.45, 7) is 0. The number of hydrogen-bond acceptors (Lipinski definition) is 2. The van der Waals surface area contributed by atoms with Gasteiger partial charge in [0.15, 0.2) is 0 Å². The van der Waals surface area contributed by atoms with E-state index in [9.17, 15) is 9.18 Å². The first-order valence-electron chi connectivity index (χ1n) is 5.01. The van der Waals surface area contributed by atoms with E-state index >= 15 is 0 Å². The monoisotopic (exact) mass is 244 g/mol. The smallest absolute Gasteiger partial charge is 0.241 e. The van der Waals surface area contributed by atoms with Crippen LogP contribution < -0.4 is 11.3 Å². The third-order valence-electron chi connectivity index (χ3n) is 2.36. The quantitative estimate of drug-likeness (QED) is 0.360. The molecule has 0 fully saturated rings. The Balaban J connectivity index is 2.82. The highest BCUT2D eigenvalue weighted by atomic mass is 35.5. The maximum absolute atomic E-state index is 12.7. The van der Waals surface area contributed by atoms with Gasteiger partial charge in [-0.05, 0) is 30.5 Å². The summed E-state index contributed by atoms with van der Waals surface area (Å²) >= 11 is 5.58. The van der Waals surface area contributed by atoms with Crippen molar-refractivity contribution in [2.24, 2.45) is 5.84 Å². The Morgan fingerprint density at radius 3 is 2.56 bits per heavy atom. The lowest BCUT2D eigenvalue weighted by Gasteiger charge is -2.14. The van der Waals surface area contributed by atoms with Crippen molar-refractivity contribution >= 4 is 17.5 Å². The molecule has 1 atom stereocenters. The SMILES string of the molecule is NNC(=O)C(CCCCl)c1ccc(F)cc1. The second-order valence-electron chi connectivity index (χ2n) is 3.44. The Kier molecular flexibility index (Phi) is 5.22. The molecule has 0 heterocycles. The van der Waals surface area contributed by atoms with Crippen LogP contribution in [0.4, 0.5) is 4.39 Å². The first-order chi connectivity index (χ1) is 7.69. The lowest BCUT2D eigenvalue weighted by Crippen LogP contribution is -2.34. The van der Waals surface area contributed by atoms with Crippen LogP contribution in [0.25, 0.3) is 0 Å². The molecule has 3 N–H and O–H groups in total. The van der Waals surface area contributed by atoms with E-state index in [1.807, 2.05) is 0 Å². The molecule has 88 valence electrons. The molecule has 0 aliphatic rings. The van der Waals surface area contributed by atoms with Gasteiger partial charge in [0.1, 0.15) is 5.82 Å². The van der Waals surface area contributed by atoms with Crippen molar-refractivity contribution in [1.29, 1.82) is 0 Å². The van der Waals surface area contributed by atoms with Crippen molar-refractivity contribution in [1.82, 2.24) is 5.43 Å². The van der Waals surface area contributed by atoms with E-state index in [-0.39, 0.29) is 17.6 Å². The fraction of sp³-hybridized carbons (Fsp3) is 0.364. The summed E-state index contributed by atoms with van der Waals surface area (Å²) in [4.78, 5) is 11.5. The normalized spacial score (nSPS) is 12.2. The van der Waals surface area contributed by atoms with E-state index < -0.39 is 0 Å². The van der Waals surface area contributed by atoms with Gasteiger partial charge in [-0.25, -0.2) is 10.2 Å². The van der Waals surface area contributed by atoms with Crippen molar-refractivity contribution in [3.8, 4) is 0 Å². The van der Waals surface area contributed by atoms with E-state index in [1.165, 1.54) is 12.1 Å². The fourth-order valence-electron chi connectivity index (χ4n) is 1.53. The first kappa shape index (κ1) is 12.9. The number of hydrogen-bond donors (Lipinski definition) is 2. The lowest BCUT2D eigenvalue weighted by atomic mass is 9.94. The average Bonchev–Trinajstić information content (AvgIpc) is 2.31. The fourth-order valence-corrected chi connectivity index (χ4v) is 1.68. The first-order valence-corrected chi connectivity index (χ1v) is 5.54. The molecule has 0 bridgehead atoms. The standard InChI is InChI=1S/C11H14ClFN2O/c12-7-1-2-10(11(16)15-14)8-3-5-9(13)6-4-8/h3-6,10H,1-2,7,14H2,(H,15,16). The summed E-state index contributed by atoms with van der Waals surface area (Å²) in [6.07, 6.45) is 1.30. The van der Waals surface area contributed by atoms with E-state index in [0.717, 1.165) is 5.56 Å². The summed E-state index contributed by atoms with van der Waals surface area (Å²) in [5.41, 5.74) is 2.86. The third kappa shape index (κ3) is 3.47. The van der Waals surface area contributed by atoms with Gasteiger partial charge in [-0.2, -0.15) is 0 Å². The molecule has 1 aromatic rings. The maximum Gasteiger partial charge on any atom is 0.241 e. The van der Waals surface area contributed by atoms with E-state index in [0.29, 0.717) is 18.7 Å². The average molecular weight is 245 g/mol. The minimum atomic E-state index is -0.371. The Hall–Kier alpha value is -1.13. The van der Waals surface area contributed by atoms with E-state index in [2.05, 4.69) is 5.43 Å². The van der Waals surface area contributed by atoms with Crippen LogP contribution in [-0.2, 0) is 4.79 Å². The van der Waals surface area contributed by atoms with Gasteiger partial charge in [-0.3, -0.25) is 10.2 Å². The third-order valence-corrected chi connectivity index (χ3v) is 2.62. The Morgan fingerprint density at radius 1 is 1.44 bits per heavy atom. The summed E-state index contributed by atoms with van der Waals surface area (Å²) in [7, 11) is 0. The zero-order valence-corrected chi connectivity index (χ0v) is 9.51. The summed E-state index contributed by atoms with van der Waals surface area (Å²) < 4.78 is 12.7. The van der Waals surface area contributed by atoms with Crippen LogP contribution in [0.3, 0.4) is 0 Å². The number of amides is 1. The van der Waals surface area contributed by atoms with Crippen molar-refractivity contribution < 1.29 is 9.18 Å². The number of nitrogens with two attached hydrogens (primary N) is 1. The minimum absolute atomic E-state index is 0.281. The highest BCUT2D eigenvalue weighted by Gasteiger charge is 2.19. The molecule has 1 amide bonds. The highest BCUT2D eigenvalue weighted by molar-refractivity contribution is 6.17. The van der Waals surface area contributed by atoms with Crippen LogP contribution in [0, 0.1) is 5.82 Å². The second kappa shape index (κ2) is 6.45. The topological polar surface area (TPSA) is 55.1 Å². The number of benzene rings is 1. The highest BCUT2D eigenvalue weighted by Crippen LogP contribution is 2.22. The van der Waals surface area contributed by atoms with Crippen molar-refractivity contribution in [3.63, 3.8) is 0 Å².